The highest BCUT2D eigenvalue weighted by Crippen LogP contribution is 2.20. The van der Waals surface area contributed by atoms with Crippen LogP contribution < -0.4 is 0 Å². The second-order valence-electron chi connectivity index (χ2n) is 4.10. The van der Waals surface area contributed by atoms with E-state index in [0.717, 1.165) is 12.8 Å². The van der Waals surface area contributed by atoms with Crippen LogP contribution in [0.15, 0.2) is 30.3 Å². The molecule has 2 unspecified atom stereocenters. The van der Waals surface area contributed by atoms with Gasteiger partial charge in [0.15, 0.2) is 6.29 Å². The molecule has 0 bridgehead atoms. The summed E-state index contributed by atoms with van der Waals surface area (Å²) in [6, 6.07) is 10.2. The monoisotopic (exact) mass is 206 g/mol. The molecule has 1 aliphatic heterocycles. The molecule has 0 aromatic heterocycles. The molecular formula is C13H18O2. The van der Waals surface area contributed by atoms with Crippen molar-refractivity contribution in [2.24, 2.45) is 0 Å². The Morgan fingerprint density at radius 2 is 2.07 bits per heavy atom. The van der Waals surface area contributed by atoms with Crippen molar-refractivity contribution in [2.75, 3.05) is 0 Å². The van der Waals surface area contributed by atoms with E-state index in [2.05, 4.69) is 19.1 Å². The highest BCUT2D eigenvalue weighted by Gasteiger charge is 2.19. The molecule has 1 fully saturated rings. The average molecular weight is 206 g/mol. The topological polar surface area (TPSA) is 18.5 Å². The van der Waals surface area contributed by atoms with Crippen molar-refractivity contribution in [3.63, 3.8) is 0 Å². The standard InChI is InChI=1S/C13H18O2/c1-11-6-5-9-13(15-11)14-10-12-7-3-2-4-8-12/h2-4,7-8,11,13H,5-6,9-10H2,1H3. The minimum absolute atomic E-state index is 0.00560. The zero-order chi connectivity index (χ0) is 10.5. The molecule has 82 valence electrons. The van der Waals surface area contributed by atoms with E-state index in [0.29, 0.717) is 12.7 Å². The molecule has 0 aliphatic carbocycles. The van der Waals surface area contributed by atoms with E-state index in [4.69, 9.17) is 9.47 Å². The average Bonchev–Trinajstić information content (AvgIpc) is 2.28. The third kappa shape index (κ3) is 3.33. The van der Waals surface area contributed by atoms with E-state index >= 15 is 0 Å². The molecule has 0 N–H and O–H groups in total. The first-order valence-electron chi connectivity index (χ1n) is 5.65. The first-order valence-corrected chi connectivity index (χ1v) is 5.65. The van der Waals surface area contributed by atoms with Crippen LogP contribution in [0, 0.1) is 0 Å². The molecular weight excluding hydrogens is 188 g/mol. The van der Waals surface area contributed by atoms with Gasteiger partial charge in [0.25, 0.3) is 0 Å². The van der Waals surface area contributed by atoms with Crippen molar-refractivity contribution in [1.82, 2.24) is 0 Å². The van der Waals surface area contributed by atoms with E-state index in [9.17, 15) is 0 Å². The summed E-state index contributed by atoms with van der Waals surface area (Å²) in [6.07, 6.45) is 3.73. The van der Waals surface area contributed by atoms with Gasteiger partial charge in [0.05, 0.1) is 12.7 Å². The highest BCUT2D eigenvalue weighted by atomic mass is 16.7. The summed E-state index contributed by atoms with van der Waals surface area (Å²) in [5.41, 5.74) is 1.21. The van der Waals surface area contributed by atoms with Crippen LogP contribution in [0.5, 0.6) is 0 Å². The molecule has 1 aromatic carbocycles. The molecule has 2 atom stereocenters. The quantitative estimate of drug-likeness (QED) is 0.756. The third-order valence-electron chi connectivity index (χ3n) is 2.71. The van der Waals surface area contributed by atoms with Gasteiger partial charge in [-0.15, -0.1) is 0 Å². The van der Waals surface area contributed by atoms with Crippen LogP contribution in [0.25, 0.3) is 0 Å². The van der Waals surface area contributed by atoms with Gasteiger partial charge in [-0.2, -0.15) is 0 Å². The molecule has 0 amide bonds. The van der Waals surface area contributed by atoms with E-state index < -0.39 is 0 Å². The number of rotatable bonds is 3. The van der Waals surface area contributed by atoms with Gasteiger partial charge in [-0.1, -0.05) is 30.3 Å². The van der Waals surface area contributed by atoms with Gasteiger partial charge in [0.1, 0.15) is 0 Å². The molecule has 1 saturated heterocycles. The zero-order valence-corrected chi connectivity index (χ0v) is 9.19. The second kappa shape index (κ2) is 5.29. The van der Waals surface area contributed by atoms with E-state index in [1.54, 1.807) is 0 Å². The van der Waals surface area contributed by atoms with Crippen molar-refractivity contribution >= 4 is 0 Å². The maximum Gasteiger partial charge on any atom is 0.158 e. The lowest BCUT2D eigenvalue weighted by Crippen LogP contribution is -2.27. The van der Waals surface area contributed by atoms with E-state index in [-0.39, 0.29) is 6.29 Å². The third-order valence-corrected chi connectivity index (χ3v) is 2.71. The summed E-state index contributed by atoms with van der Waals surface area (Å²) in [5.74, 6) is 0. The van der Waals surface area contributed by atoms with Crippen LogP contribution in [0.1, 0.15) is 31.7 Å². The predicted octanol–water partition coefficient (Wildman–Crippen LogP) is 3.12. The minimum Gasteiger partial charge on any atom is -0.350 e. The summed E-state index contributed by atoms with van der Waals surface area (Å²) in [5, 5.41) is 0. The molecule has 0 saturated carbocycles. The first kappa shape index (κ1) is 10.7. The summed E-state index contributed by atoms with van der Waals surface area (Å²) in [7, 11) is 0. The van der Waals surface area contributed by atoms with Crippen LogP contribution >= 0.6 is 0 Å². The Labute approximate surface area is 91.2 Å². The van der Waals surface area contributed by atoms with Gasteiger partial charge in [-0.3, -0.25) is 0 Å². The summed E-state index contributed by atoms with van der Waals surface area (Å²) >= 11 is 0. The van der Waals surface area contributed by atoms with Crippen molar-refractivity contribution in [3.8, 4) is 0 Å². The molecule has 0 spiro atoms. The van der Waals surface area contributed by atoms with Crippen molar-refractivity contribution < 1.29 is 9.47 Å². The highest BCUT2D eigenvalue weighted by molar-refractivity contribution is 5.13. The molecule has 1 aliphatic rings. The molecule has 0 radical (unpaired) electrons. The fourth-order valence-electron chi connectivity index (χ4n) is 1.85. The Morgan fingerprint density at radius 1 is 1.27 bits per heavy atom. The Balaban J connectivity index is 1.78. The number of benzene rings is 1. The lowest BCUT2D eigenvalue weighted by atomic mass is 10.1. The van der Waals surface area contributed by atoms with Crippen molar-refractivity contribution in [3.05, 3.63) is 35.9 Å². The van der Waals surface area contributed by atoms with Gasteiger partial charge in [-0.25, -0.2) is 0 Å². The lowest BCUT2D eigenvalue weighted by molar-refractivity contribution is -0.194. The van der Waals surface area contributed by atoms with Crippen LogP contribution in [0.4, 0.5) is 0 Å². The lowest BCUT2D eigenvalue weighted by Gasteiger charge is -2.27. The maximum absolute atomic E-state index is 5.72. The van der Waals surface area contributed by atoms with Crippen LogP contribution in [-0.2, 0) is 16.1 Å². The smallest absolute Gasteiger partial charge is 0.158 e. The Morgan fingerprint density at radius 3 is 2.80 bits per heavy atom. The molecule has 1 heterocycles. The largest absolute Gasteiger partial charge is 0.350 e. The summed E-state index contributed by atoms with van der Waals surface area (Å²) in [4.78, 5) is 0. The van der Waals surface area contributed by atoms with Gasteiger partial charge in [0.2, 0.25) is 0 Å². The Hall–Kier alpha value is -0.860. The fraction of sp³-hybridized carbons (Fsp3) is 0.538. The van der Waals surface area contributed by atoms with Gasteiger partial charge >= 0.3 is 0 Å². The Kier molecular flexibility index (Phi) is 3.75. The molecule has 2 rings (SSSR count). The van der Waals surface area contributed by atoms with Crippen LogP contribution in [0.2, 0.25) is 0 Å². The van der Waals surface area contributed by atoms with Crippen molar-refractivity contribution in [2.45, 2.75) is 45.2 Å². The van der Waals surface area contributed by atoms with Crippen molar-refractivity contribution in [1.29, 1.82) is 0 Å². The summed E-state index contributed by atoms with van der Waals surface area (Å²) < 4.78 is 11.4. The van der Waals surface area contributed by atoms with Gasteiger partial charge in [0, 0.05) is 0 Å². The number of hydrogen-bond acceptors (Lipinski definition) is 2. The molecule has 2 nitrogen and oxygen atoms in total. The molecule has 1 aromatic rings. The minimum atomic E-state index is -0.00560. The second-order valence-corrected chi connectivity index (χ2v) is 4.10. The SMILES string of the molecule is CC1CCCC(OCc2ccccc2)O1. The number of hydrogen-bond donors (Lipinski definition) is 0. The first-order chi connectivity index (χ1) is 7.34. The van der Waals surface area contributed by atoms with Crippen LogP contribution in [0.3, 0.4) is 0 Å². The van der Waals surface area contributed by atoms with Gasteiger partial charge in [-0.05, 0) is 31.7 Å². The number of ether oxygens (including phenoxy) is 2. The maximum atomic E-state index is 5.72. The fourth-order valence-corrected chi connectivity index (χ4v) is 1.85. The van der Waals surface area contributed by atoms with E-state index in [1.807, 2.05) is 18.2 Å². The van der Waals surface area contributed by atoms with Gasteiger partial charge < -0.3 is 9.47 Å². The Bertz CT molecular complexity index is 284. The normalized spacial score (nSPS) is 26.5. The zero-order valence-electron chi connectivity index (χ0n) is 9.19. The molecule has 2 heteroatoms. The summed E-state index contributed by atoms with van der Waals surface area (Å²) in [6.45, 7) is 2.76. The van der Waals surface area contributed by atoms with Crippen LogP contribution in [-0.4, -0.2) is 12.4 Å². The predicted molar refractivity (Wildman–Crippen MR) is 59.4 cm³/mol. The van der Waals surface area contributed by atoms with E-state index in [1.165, 1.54) is 12.0 Å². The molecule has 15 heavy (non-hydrogen) atoms.